The Hall–Kier alpha value is -1.65. The number of amides is 4. The van der Waals surface area contributed by atoms with Gasteiger partial charge in [-0.15, -0.1) is 0 Å². The number of nitrogens with one attached hydrogen (secondary N) is 1. The summed E-state index contributed by atoms with van der Waals surface area (Å²) in [5.74, 6) is -0.650. The Labute approximate surface area is 124 Å². The quantitative estimate of drug-likeness (QED) is 0.641. The van der Waals surface area contributed by atoms with Crippen LogP contribution in [0.4, 0.5) is 4.79 Å². The van der Waals surface area contributed by atoms with Crippen LogP contribution in [-0.2, 0) is 9.59 Å². The van der Waals surface area contributed by atoms with Gasteiger partial charge in [0.05, 0.1) is 0 Å². The zero-order chi connectivity index (χ0) is 14.9. The molecule has 2 fully saturated rings. The summed E-state index contributed by atoms with van der Waals surface area (Å²) < 4.78 is 0. The van der Waals surface area contributed by atoms with E-state index in [0.717, 1.165) is 44.9 Å². The molecule has 5 nitrogen and oxygen atoms in total. The summed E-state index contributed by atoms with van der Waals surface area (Å²) in [6.45, 7) is 0.394. The van der Waals surface area contributed by atoms with Gasteiger partial charge in [0.15, 0.2) is 0 Å². The minimum Gasteiger partial charge on any atom is -0.277 e. The number of nitrogens with zero attached hydrogens (tertiary/aromatic N) is 1. The van der Waals surface area contributed by atoms with E-state index in [1.807, 2.05) is 0 Å². The molecular formula is C16H22N2O3. The first-order valence-electron chi connectivity index (χ1n) is 7.99. The highest BCUT2D eigenvalue weighted by Crippen LogP contribution is 2.40. The molecule has 0 aromatic heterocycles. The molecule has 1 saturated heterocycles. The summed E-state index contributed by atoms with van der Waals surface area (Å²) in [5.41, 5.74) is 0.348. The van der Waals surface area contributed by atoms with Gasteiger partial charge in [-0.25, -0.2) is 4.79 Å². The number of imide groups is 2. The first kappa shape index (κ1) is 14.3. The third-order valence-corrected chi connectivity index (χ3v) is 5.05. The van der Waals surface area contributed by atoms with E-state index in [2.05, 4.69) is 11.4 Å². The van der Waals surface area contributed by atoms with Crippen LogP contribution in [0.5, 0.6) is 0 Å². The summed E-state index contributed by atoms with van der Waals surface area (Å²) in [4.78, 5) is 38.2. The van der Waals surface area contributed by atoms with Crippen LogP contribution in [0.15, 0.2) is 11.6 Å². The summed E-state index contributed by atoms with van der Waals surface area (Å²) in [6.07, 6.45) is 10.2. The number of rotatable bonds is 3. The van der Waals surface area contributed by atoms with Gasteiger partial charge in [-0.2, -0.15) is 0 Å². The lowest BCUT2D eigenvalue weighted by Gasteiger charge is -2.41. The molecule has 1 spiro atoms. The van der Waals surface area contributed by atoms with E-state index in [0.29, 0.717) is 19.4 Å². The average molecular weight is 290 g/mol. The number of hydrogen-bond acceptors (Lipinski definition) is 3. The molecule has 0 atom stereocenters. The van der Waals surface area contributed by atoms with Gasteiger partial charge in [0.25, 0.3) is 0 Å². The Kier molecular flexibility index (Phi) is 3.83. The predicted molar refractivity (Wildman–Crippen MR) is 77.3 cm³/mol. The molecule has 3 rings (SSSR count). The molecule has 3 aliphatic rings. The number of allylic oxidation sites excluding steroid dienone is 1. The molecule has 0 unspecified atom stereocenters. The largest absolute Gasteiger partial charge is 0.330 e. The second kappa shape index (κ2) is 5.62. The highest BCUT2D eigenvalue weighted by molar-refractivity contribution is 6.19. The van der Waals surface area contributed by atoms with E-state index in [4.69, 9.17) is 0 Å². The van der Waals surface area contributed by atoms with Crippen molar-refractivity contribution < 1.29 is 14.4 Å². The zero-order valence-corrected chi connectivity index (χ0v) is 12.3. The average Bonchev–Trinajstić information content (AvgIpc) is 3.00. The van der Waals surface area contributed by atoms with Crippen molar-refractivity contribution in [3.8, 4) is 0 Å². The Bertz CT molecular complexity index is 504. The molecular weight excluding hydrogens is 268 g/mol. The molecule has 0 bridgehead atoms. The van der Waals surface area contributed by atoms with E-state index in [1.54, 1.807) is 0 Å². The van der Waals surface area contributed by atoms with Crippen molar-refractivity contribution in [3.63, 3.8) is 0 Å². The van der Waals surface area contributed by atoms with Crippen LogP contribution >= 0.6 is 0 Å². The lowest BCUT2D eigenvalue weighted by atomic mass is 9.71. The molecule has 0 aromatic carbocycles. The highest BCUT2D eigenvalue weighted by atomic mass is 16.2. The normalized spacial score (nSPS) is 25.2. The molecule has 1 aliphatic heterocycles. The van der Waals surface area contributed by atoms with Gasteiger partial charge in [0.1, 0.15) is 5.41 Å². The number of barbiturate groups is 1. The Morgan fingerprint density at radius 2 is 1.86 bits per heavy atom. The van der Waals surface area contributed by atoms with Crippen molar-refractivity contribution in [3.05, 3.63) is 11.6 Å². The Morgan fingerprint density at radius 1 is 1.10 bits per heavy atom. The monoisotopic (exact) mass is 290 g/mol. The van der Waals surface area contributed by atoms with Crippen molar-refractivity contribution in [2.24, 2.45) is 5.41 Å². The summed E-state index contributed by atoms with van der Waals surface area (Å²) in [6, 6.07) is -0.542. The molecule has 114 valence electrons. The van der Waals surface area contributed by atoms with Gasteiger partial charge in [0.2, 0.25) is 11.8 Å². The maximum Gasteiger partial charge on any atom is 0.330 e. The number of carbonyl (C=O) groups is 3. The van der Waals surface area contributed by atoms with Crippen LogP contribution in [0.25, 0.3) is 0 Å². The molecule has 1 N–H and O–H groups in total. The van der Waals surface area contributed by atoms with Crippen LogP contribution in [-0.4, -0.2) is 29.3 Å². The van der Waals surface area contributed by atoms with Gasteiger partial charge in [-0.1, -0.05) is 30.9 Å². The number of hydrogen-bond donors (Lipinski definition) is 1. The van der Waals surface area contributed by atoms with Crippen LogP contribution < -0.4 is 5.32 Å². The van der Waals surface area contributed by atoms with Gasteiger partial charge in [0, 0.05) is 6.54 Å². The Balaban J connectivity index is 1.74. The van der Waals surface area contributed by atoms with Crippen molar-refractivity contribution in [1.29, 1.82) is 0 Å². The fourth-order valence-electron chi connectivity index (χ4n) is 3.75. The SMILES string of the molecule is O=C1NC(=O)C2(CCCCC2)C(=O)N1CCC1=CCCC1. The van der Waals surface area contributed by atoms with Crippen LogP contribution in [0.3, 0.4) is 0 Å². The predicted octanol–water partition coefficient (Wildman–Crippen LogP) is 2.52. The van der Waals surface area contributed by atoms with Gasteiger partial charge < -0.3 is 0 Å². The van der Waals surface area contributed by atoms with Crippen molar-refractivity contribution in [1.82, 2.24) is 10.2 Å². The minimum atomic E-state index is -0.976. The highest BCUT2D eigenvalue weighted by Gasteiger charge is 2.53. The van der Waals surface area contributed by atoms with Crippen LogP contribution in [0.1, 0.15) is 57.8 Å². The molecule has 0 aromatic rings. The fourth-order valence-corrected chi connectivity index (χ4v) is 3.75. The maximum atomic E-state index is 12.8. The lowest BCUT2D eigenvalue weighted by Crippen LogP contribution is -2.64. The number of urea groups is 1. The smallest absolute Gasteiger partial charge is 0.277 e. The topological polar surface area (TPSA) is 66.5 Å². The van der Waals surface area contributed by atoms with E-state index in [1.165, 1.54) is 10.5 Å². The number of carbonyl (C=O) groups excluding carboxylic acids is 3. The molecule has 0 radical (unpaired) electrons. The first-order valence-corrected chi connectivity index (χ1v) is 7.99. The van der Waals surface area contributed by atoms with Gasteiger partial charge in [-0.3, -0.25) is 19.8 Å². The molecule has 5 heteroatoms. The van der Waals surface area contributed by atoms with Crippen molar-refractivity contribution in [2.45, 2.75) is 57.8 Å². The van der Waals surface area contributed by atoms with Gasteiger partial charge >= 0.3 is 6.03 Å². The molecule has 21 heavy (non-hydrogen) atoms. The first-order chi connectivity index (χ1) is 10.1. The van der Waals surface area contributed by atoms with Gasteiger partial charge in [-0.05, 0) is 38.5 Å². The second-order valence-electron chi connectivity index (χ2n) is 6.36. The molecule has 1 saturated carbocycles. The Morgan fingerprint density at radius 3 is 2.52 bits per heavy atom. The van der Waals surface area contributed by atoms with E-state index in [9.17, 15) is 14.4 Å². The molecule has 1 heterocycles. The zero-order valence-electron chi connectivity index (χ0n) is 12.3. The molecule has 4 amide bonds. The van der Waals surface area contributed by atoms with Crippen LogP contribution in [0, 0.1) is 5.41 Å². The summed E-state index contributed by atoms with van der Waals surface area (Å²) in [5, 5.41) is 2.40. The maximum absolute atomic E-state index is 12.8. The fraction of sp³-hybridized carbons (Fsp3) is 0.688. The standard InChI is InChI=1S/C16H22N2O3/c19-13-16(9-4-1-5-10-16)14(20)18(15(21)17-13)11-8-12-6-2-3-7-12/h6H,1-5,7-11H2,(H,17,19,21). The van der Waals surface area contributed by atoms with E-state index >= 15 is 0 Å². The minimum absolute atomic E-state index is 0.269. The lowest BCUT2D eigenvalue weighted by molar-refractivity contribution is -0.153. The molecule has 2 aliphatic carbocycles. The second-order valence-corrected chi connectivity index (χ2v) is 6.36. The van der Waals surface area contributed by atoms with E-state index < -0.39 is 11.4 Å². The van der Waals surface area contributed by atoms with Crippen molar-refractivity contribution >= 4 is 17.8 Å². The van der Waals surface area contributed by atoms with Crippen LogP contribution in [0.2, 0.25) is 0 Å². The van der Waals surface area contributed by atoms with E-state index in [-0.39, 0.29) is 11.8 Å². The third-order valence-electron chi connectivity index (χ3n) is 5.05. The summed E-state index contributed by atoms with van der Waals surface area (Å²) >= 11 is 0. The third kappa shape index (κ3) is 2.49. The summed E-state index contributed by atoms with van der Waals surface area (Å²) in [7, 11) is 0. The van der Waals surface area contributed by atoms with Crippen molar-refractivity contribution in [2.75, 3.05) is 6.54 Å².